The van der Waals surface area contributed by atoms with Crippen molar-refractivity contribution in [2.24, 2.45) is 0 Å². The summed E-state index contributed by atoms with van der Waals surface area (Å²) in [4.78, 5) is 24.4. The van der Waals surface area contributed by atoms with Gasteiger partial charge in [0.1, 0.15) is 11.6 Å². The highest BCUT2D eigenvalue weighted by atomic mass is 16.5. The van der Waals surface area contributed by atoms with Crippen molar-refractivity contribution in [3.63, 3.8) is 0 Å². The van der Waals surface area contributed by atoms with Crippen molar-refractivity contribution < 1.29 is 19.1 Å². The molecular formula is C18H14N2O4. The topological polar surface area (TPSA) is 81.3 Å². The standard InChI is InChI=1S/C18H14N2O4/c1-3-24-18(22)12(10-19)8-11-9-15-16(23-2)13-6-4-5-7-14(13)20(15)17(11)21/h4-9H,3H2,1-2H3/b12-8+. The van der Waals surface area contributed by atoms with Crippen LogP contribution in [0.5, 0.6) is 5.75 Å². The lowest BCUT2D eigenvalue weighted by atomic mass is 10.1. The normalized spacial score (nSPS) is 13.5. The molecule has 24 heavy (non-hydrogen) atoms. The van der Waals surface area contributed by atoms with E-state index < -0.39 is 5.97 Å². The summed E-state index contributed by atoms with van der Waals surface area (Å²) in [6.45, 7) is 1.80. The van der Waals surface area contributed by atoms with Crippen LogP contribution in [-0.2, 0) is 9.53 Å². The number of hydrogen-bond acceptors (Lipinski definition) is 5. The van der Waals surface area contributed by atoms with Gasteiger partial charge in [-0.3, -0.25) is 9.36 Å². The molecule has 1 aliphatic heterocycles. The Morgan fingerprint density at radius 2 is 2.12 bits per heavy atom. The monoisotopic (exact) mass is 322 g/mol. The largest absolute Gasteiger partial charge is 0.494 e. The fourth-order valence-electron chi connectivity index (χ4n) is 2.74. The minimum Gasteiger partial charge on any atom is -0.494 e. The molecule has 1 aromatic heterocycles. The van der Waals surface area contributed by atoms with Crippen LogP contribution >= 0.6 is 0 Å². The quantitative estimate of drug-likeness (QED) is 0.491. The molecule has 1 aromatic carbocycles. The van der Waals surface area contributed by atoms with Gasteiger partial charge >= 0.3 is 5.97 Å². The molecule has 6 heteroatoms. The summed E-state index contributed by atoms with van der Waals surface area (Å²) in [5, 5.41) is 9.95. The maximum absolute atomic E-state index is 12.7. The van der Waals surface area contributed by atoms with Crippen molar-refractivity contribution in [2.45, 2.75) is 6.92 Å². The predicted octanol–water partition coefficient (Wildman–Crippen LogP) is 2.70. The highest BCUT2D eigenvalue weighted by Gasteiger charge is 2.29. The van der Waals surface area contributed by atoms with Gasteiger partial charge in [-0.1, -0.05) is 12.1 Å². The van der Waals surface area contributed by atoms with Gasteiger partial charge in [-0.15, -0.1) is 0 Å². The molecule has 0 N–H and O–H groups in total. The molecule has 0 unspecified atom stereocenters. The Morgan fingerprint density at radius 1 is 1.38 bits per heavy atom. The molecule has 2 aromatic rings. The first-order valence-corrected chi connectivity index (χ1v) is 7.35. The van der Waals surface area contributed by atoms with E-state index >= 15 is 0 Å². The smallest absolute Gasteiger partial charge is 0.348 e. The van der Waals surface area contributed by atoms with E-state index in [1.165, 1.54) is 17.8 Å². The zero-order valence-corrected chi connectivity index (χ0v) is 13.2. The molecule has 0 fully saturated rings. The van der Waals surface area contributed by atoms with Gasteiger partial charge in [0.2, 0.25) is 0 Å². The van der Waals surface area contributed by atoms with Crippen LogP contribution in [-0.4, -0.2) is 30.2 Å². The highest BCUT2D eigenvalue weighted by Crippen LogP contribution is 2.38. The summed E-state index contributed by atoms with van der Waals surface area (Å²) in [5.41, 5.74) is 1.32. The number of nitriles is 1. The first-order valence-electron chi connectivity index (χ1n) is 7.35. The molecule has 0 atom stereocenters. The average Bonchev–Trinajstić information content (AvgIpc) is 3.07. The van der Waals surface area contributed by atoms with E-state index in [2.05, 4.69) is 0 Å². The van der Waals surface area contributed by atoms with Crippen LogP contribution in [0.1, 0.15) is 17.4 Å². The summed E-state index contributed by atoms with van der Waals surface area (Å²) < 4.78 is 11.8. The summed E-state index contributed by atoms with van der Waals surface area (Å²) in [6, 6.07) is 9.15. The molecule has 0 spiro atoms. The van der Waals surface area contributed by atoms with Crippen LogP contribution in [0, 0.1) is 11.3 Å². The van der Waals surface area contributed by atoms with Crippen molar-refractivity contribution in [2.75, 3.05) is 13.7 Å². The SMILES string of the molecule is CCOC(=O)/C(C#N)=C/C1=Cc2c(OC)c3ccccc3n2C1=O. The molecule has 2 heterocycles. The van der Waals surface area contributed by atoms with Gasteiger partial charge in [0.05, 0.1) is 24.9 Å². The number of allylic oxidation sites excluding steroid dienone is 2. The minimum absolute atomic E-state index is 0.156. The molecule has 0 radical (unpaired) electrons. The number of benzene rings is 1. The lowest BCUT2D eigenvalue weighted by molar-refractivity contribution is -0.138. The number of carbonyl (C=O) groups excluding carboxylic acids is 2. The molecule has 0 bridgehead atoms. The first kappa shape index (κ1) is 15.6. The number of hydrogen-bond donors (Lipinski definition) is 0. The third-order valence-electron chi connectivity index (χ3n) is 3.73. The van der Waals surface area contributed by atoms with Gasteiger partial charge in [-0.05, 0) is 31.2 Å². The Labute approximate surface area is 138 Å². The van der Waals surface area contributed by atoms with E-state index in [0.717, 1.165) is 5.39 Å². The van der Waals surface area contributed by atoms with Crippen LogP contribution in [0.4, 0.5) is 0 Å². The van der Waals surface area contributed by atoms with Crippen molar-refractivity contribution in [1.29, 1.82) is 5.26 Å². The zero-order chi connectivity index (χ0) is 17.3. The number of nitrogens with zero attached hydrogens (tertiary/aromatic N) is 2. The molecule has 6 nitrogen and oxygen atoms in total. The Balaban J connectivity index is 2.12. The molecule has 0 saturated heterocycles. The van der Waals surface area contributed by atoms with Gasteiger partial charge in [0.15, 0.2) is 5.75 Å². The Morgan fingerprint density at radius 3 is 2.79 bits per heavy atom. The number of methoxy groups -OCH3 is 1. The maximum atomic E-state index is 12.7. The number of para-hydroxylation sites is 1. The Bertz CT molecular complexity index is 957. The average molecular weight is 322 g/mol. The van der Waals surface area contributed by atoms with E-state index in [9.17, 15) is 9.59 Å². The second-order valence-electron chi connectivity index (χ2n) is 5.07. The third-order valence-corrected chi connectivity index (χ3v) is 3.73. The van der Waals surface area contributed by atoms with Gasteiger partial charge < -0.3 is 9.47 Å². The fourth-order valence-corrected chi connectivity index (χ4v) is 2.74. The van der Waals surface area contributed by atoms with Gasteiger partial charge in [-0.25, -0.2) is 4.79 Å². The summed E-state index contributed by atoms with van der Waals surface area (Å²) in [7, 11) is 1.54. The molecule has 0 saturated carbocycles. The maximum Gasteiger partial charge on any atom is 0.348 e. The van der Waals surface area contributed by atoms with Crippen LogP contribution in [0.25, 0.3) is 17.0 Å². The molecule has 0 aliphatic carbocycles. The lowest BCUT2D eigenvalue weighted by Crippen LogP contribution is -2.10. The van der Waals surface area contributed by atoms with Crippen LogP contribution in [0.2, 0.25) is 0 Å². The van der Waals surface area contributed by atoms with E-state index in [-0.39, 0.29) is 23.7 Å². The highest BCUT2D eigenvalue weighted by molar-refractivity contribution is 6.15. The van der Waals surface area contributed by atoms with E-state index in [1.54, 1.807) is 19.1 Å². The van der Waals surface area contributed by atoms with E-state index in [1.807, 2.05) is 24.3 Å². The summed E-state index contributed by atoms with van der Waals surface area (Å²) in [5.74, 6) is -0.486. The Hall–Kier alpha value is -3.33. The van der Waals surface area contributed by atoms with E-state index in [0.29, 0.717) is 17.0 Å². The zero-order valence-electron chi connectivity index (χ0n) is 13.2. The Kier molecular flexibility index (Phi) is 3.92. The molecular weight excluding hydrogens is 308 g/mol. The lowest BCUT2D eigenvalue weighted by Gasteiger charge is -2.01. The second-order valence-corrected chi connectivity index (χ2v) is 5.07. The molecule has 0 amide bonds. The number of rotatable bonds is 4. The predicted molar refractivity (Wildman–Crippen MR) is 87.4 cm³/mol. The first-order chi connectivity index (χ1) is 11.6. The molecule has 120 valence electrons. The summed E-state index contributed by atoms with van der Waals surface area (Å²) >= 11 is 0. The van der Waals surface area contributed by atoms with Crippen molar-refractivity contribution in [1.82, 2.24) is 4.57 Å². The summed E-state index contributed by atoms with van der Waals surface area (Å²) in [6.07, 6.45) is 2.86. The number of esters is 1. The van der Waals surface area contributed by atoms with Crippen molar-refractivity contribution in [3.05, 3.63) is 47.2 Å². The molecule has 1 aliphatic rings. The van der Waals surface area contributed by atoms with Crippen LogP contribution in [0.15, 0.2) is 41.5 Å². The van der Waals surface area contributed by atoms with Crippen LogP contribution < -0.4 is 4.74 Å². The van der Waals surface area contributed by atoms with E-state index in [4.69, 9.17) is 14.7 Å². The third kappa shape index (κ3) is 2.27. The number of carbonyl (C=O) groups is 2. The van der Waals surface area contributed by atoms with Crippen molar-refractivity contribution in [3.8, 4) is 11.8 Å². The number of ether oxygens (including phenoxy) is 2. The van der Waals surface area contributed by atoms with Gasteiger partial charge in [0, 0.05) is 11.0 Å². The van der Waals surface area contributed by atoms with Crippen molar-refractivity contribution >= 4 is 28.9 Å². The van der Waals surface area contributed by atoms with Gasteiger partial charge in [-0.2, -0.15) is 5.26 Å². The van der Waals surface area contributed by atoms with Gasteiger partial charge in [0.25, 0.3) is 5.91 Å². The fraction of sp³-hybridized carbons (Fsp3) is 0.167. The number of fused-ring (bicyclic) bond motifs is 3. The number of aromatic nitrogens is 1. The van der Waals surface area contributed by atoms with Crippen LogP contribution in [0.3, 0.4) is 0 Å². The minimum atomic E-state index is -0.748. The molecule has 3 rings (SSSR count). The second kappa shape index (κ2) is 6.05.